The summed E-state index contributed by atoms with van der Waals surface area (Å²) in [6, 6.07) is 17.7. The van der Waals surface area contributed by atoms with E-state index in [9.17, 15) is 4.79 Å². The Kier molecular flexibility index (Phi) is 4.97. The zero-order chi connectivity index (χ0) is 20.5. The Morgan fingerprint density at radius 2 is 1.80 bits per heavy atom. The van der Waals surface area contributed by atoms with E-state index in [4.69, 9.17) is 16.6 Å². The first-order chi connectivity index (χ1) is 14.7. The largest absolute Gasteiger partial charge is 0.338 e. The van der Waals surface area contributed by atoms with E-state index in [2.05, 4.69) is 9.55 Å². The minimum atomic E-state index is 0.0629. The Hall–Kier alpha value is -3.18. The van der Waals surface area contributed by atoms with Crippen molar-refractivity contribution in [3.8, 4) is 11.3 Å². The van der Waals surface area contributed by atoms with E-state index in [0.717, 1.165) is 48.1 Å². The fourth-order valence-corrected chi connectivity index (χ4v) is 4.27. The fourth-order valence-electron chi connectivity index (χ4n) is 4.14. The third kappa shape index (κ3) is 3.57. The van der Waals surface area contributed by atoms with Gasteiger partial charge in [0, 0.05) is 47.5 Å². The van der Waals surface area contributed by atoms with Crippen LogP contribution in [0.1, 0.15) is 29.2 Å². The molecule has 1 saturated heterocycles. The maximum Gasteiger partial charge on any atom is 0.254 e. The number of para-hydroxylation sites is 1. The van der Waals surface area contributed by atoms with Crippen LogP contribution in [0.3, 0.4) is 0 Å². The molecule has 5 rings (SSSR count). The molecule has 0 saturated carbocycles. The van der Waals surface area contributed by atoms with Crippen LogP contribution >= 0.6 is 11.6 Å². The van der Waals surface area contributed by atoms with Gasteiger partial charge in [-0.25, -0.2) is 9.97 Å². The van der Waals surface area contributed by atoms with Crippen molar-refractivity contribution in [2.75, 3.05) is 13.1 Å². The van der Waals surface area contributed by atoms with Crippen LogP contribution < -0.4 is 0 Å². The molecular formula is C24H21ClN4O. The molecule has 3 heterocycles. The van der Waals surface area contributed by atoms with Crippen LogP contribution in [0.2, 0.25) is 5.02 Å². The number of hydrogen-bond donors (Lipinski definition) is 0. The summed E-state index contributed by atoms with van der Waals surface area (Å²) in [7, 11) is 0. The zero-order valence-corrected chi connectivity index (χ0v) is 17.2. The number of benzene rings is 2. The van der Waals surface area contributed by atoms with Crippen LogP contribution in [0, 0.1) is 0 Å². The highest BCUT2D eigenvalue weighted by molar-refractivity contribution is 6.30. The number of aromatic nitrogens is 3. The number of imidazole rings is 1. The highest BCUT2D eigenvalue weighted by Gasteiger charge is 2.26. The van der Waals surface area contributed by atoms with Gasteiger partial charge in [-0.2, -0.15) is 0 Å². The molecule has 4 aromatic rings. The third-order valence-electron chi connectivity index (χ3n) is 5.78. The summed E-state index contributed by atoms with van der Waals surface area (Å²) in [4.78, 5) is 24.4. The molecule has 6 heteroatoms. The van der Waals surface area contributed by atoms with E-state index in [1.54, 1.807) is 6.20 Å². The van der Waals surface area contributed by atoms with Crippen molar-refractivity contribution >= 4 is 28.4 Å². The normalized spacial score (nSPS) is 14.9. The van der Waals surface area contributed by atoms with Crippen molar-refractivity contribution in [3.05, 3.63) is 83.9 Å². The standard InChI is InChI=1S/C24H21ClN4O/c25-18-7-5-17(6-8-18)23-15-21(20-3-1-2-4-22(20)27-23)24(30)28-12-9-19(10-13-28)29-14-11-26-16-29/h1-8,11,14-16,19H,9-10,12-13H2. The van der Waals surface area contributed by atoms with Crippen molar-refractivity contribution in [2.24, 2.45) is 0 Å². The second kappa shape index (κ2) is 7.92. The number of pyridine rings is 1. The van der Waals surface area contributed by atoms with E-state index in [0.29, 0.717) is 16.6 Å². The van der Waals surface area contributed by atoms with Gasteiger partial charge in [-0.3, -0.25) is 4.79 Å². The van der Waals surface area contributed by atoms with Crippen LogP contribution in [0.15, 0.2) is 73.3 Å². The quantitative estimate of drug-likeness (QED) is 0.459. The van der Waals surface area contributed by atoms with Crippen LogP contribution in [0.5, 0.6) is 0 Å². The molecule has 0 spiro atoms. The lowest BCUT2D eigenvalue weighted by Gasteiger charge is -2.33. The van der Waals surface area contributed by atoms with E-state index in [1.165, 1.54) is 0 Å². The summed E-state index contributed by atoms with van der Waals surface area (Å²) in [6.45, 7) is 1.46. The van der Waals surface area contributed by atoms with Gasteiger partial charge < -0.3 is 9.47 Å². The molecule has 30 heavy (non-hydrogen) atoms. The molecule has 1 amide bonds. The number of rotatable bonds is 3. The molecule has 0 radical (unpaired) electrons. The molecule has 5 nitrogen and oxygen atoms in total. The fraction of sp³-hybridized carbons (Fsp3) is 0.208. The number of likely N-dealkylation sites (tertiary alicyclic amines) is 1. The lowest BCUT2D eigenvalue weighted by Crippen LogP contribution is -2.39. The number of halogens is 1. The van der Waals surface area contributed by atoms with Gasteiger partial charge in [0.25, 0.3) is 5.91 Å². The SMILES string of the molecule is O=C(c1cc(-c2ccc(Cl)cc2)nc2ccccc12)N1CCC(n2ccnc2)CC1. The van der Waals surface area contributed by atoms with Gasteiger partial charge in [0.15, 0.2) is 0 Å². The van der Waals surface area contributed by atoms with Gasteiger partial charge in [0.1, 0.15) is 0 Å². The summed E-state index contributed by atoms with van der Waals surface area (Å²) in [6.07, 6.45) is 7.51. The van der Waals surface area contributed by atoms with Gasteiger partial charge in [0.05, 0.1) is 23.1 Å². The van der Waals surface area contributed by atoms with E-state index in [-0.39, 0.29) is 5.91 Å². The molecule has 150 valence electrons. The van der Waals surface area contributed by atoms with Gasteiger partial charge in [0.2, 0.25) is 0 Å². The molecule has 1 aliphatic rings. The number of carbonyl (C=O) groups is 1. The van der Waals surface area contributed by atoms with Gasteiger partial charge in [-0.1, -0.05) is 41.9 Å². The van der Waals surface area contributed by atoms with E-state index >= 15 is 0 Å². The molecule has 0 N–H and O–H groups in total. The summed E-state index contributed by atoms with van der Waals surface area (Å²) >= 11 is 6.04. The Morgan fingerprint density at radius 3 is 2.53 bits per heavy atom. The molecule has 0 unspecified atom stereocenters. The summed E-state index contributed by atoms with van der Waals surface area (Å²) in [5, 5.41) is 1.56. The maximum absolute atomic E-state index is 13.5. The number of fused-ring (bicyclic) bond motifs is 1. The topological polar surface area (TPSA) is 51.0 Å². The van der Waals surface area contributed by atoms with Crippen LogP contribution in [0.4, 0.5) is 0 Å². The molecule has 2 aromatic carbocycles. The molecule has 1 fully saturated rings. The molecule has 0 atom stereocenters. The van der Waals surface area contributed by atoms with Crippen molar-refractivity contribution in [2.45, 2.75) is 18.9 Å². The van der Waals surface area contributed by atoms with Crippen molar-refractivity contribution < 1.29 is 4.79 Å². The first-order valence-electron chi connectivity index (χ1n) is 10.1. The zero-order valence-electron chi connectivity index (χ0n) is 16.4. The minimum absolute atomic E-state index is 0.0629. The summed E-state index contributed by atoms with van der Waals surface area (Å²) < 4.78 is 2.14. The average Bonchev–Trinajstić information content (AvgIpc) is 3.33. The average molecular weight is 417 g/mol. The second-order valence-corrected chi connectivity index (χ2v) is 8.05. The number of nitrogens with zero attached hydrogens (tertiary/aromatic N) is 4. The Morgan fingerprint density at radius 1 is 1.03 bits per heavy atom. The number of amides is 1. The molecule has 2 aromatic heterocycles. The van der Waals surface area contributed by atoms with Crippen LogP contribution in [0.25, 0.3) is 22.2 Å². The smallest absolute Gasteiger partial charge is 0.254 e. The molecular weight excluding hydrogens is 396 g/mol. The van der Waals surface area contributed by atoms with Gasteiger partial charge in [-0.15, -0.1) is 0 Å². The highest BCUT2D eigenvalue weighted by Crippen LogP contribution is 2.29. The van der Waals surface area contributed by atoms with Gasteiger partial charge >= 0.3 is 0 Å². The van der Waals surface area contributed by atoms with Crippen molar-refractivity contribution in [1.82, 2.24) is 19.4 Å². The Balaban J connectivity index is 1.47. The van der Waals surface area contributed by atoms with Crippen LogP contribution in [-0.2, 0) is 0 Å². The summed E-state index contributed by atoms with van der Waals surface area (Å²) in [5.74, 6) is 0.0629. The third-order valence-corrected chi connectivity index (χ3v) is 6.04. The molecule has 1 aliphatic heterocycles. The molecule has 0 bridgehead atoms. The first kappa shape index (κ1) is 18.8. The predicted octanol–water partition coefficient (Wildman–Crippen LogP) is 5.23. The first-order valence-corrected chi connectivity index (χ1v) is 10.5. The molecule has 0 aliphatic carbocycles. The Bertz CT molecular complexity index is 1180. The lowest BCUT2D eigenvalue weighted by molar-refractivity contribution is 0.0696. The van der Waals surface area contributed by atoms with Crippen LogP contribution in [-0.4, -0.2) is 38.4 Å². The summed E-state index contributed by atoms with van der Waals surface area (Å²) in [5.41, 5.74) is 3.24. The van der Waals surface area contributed by atoms with E-state index < -0.39 is 0 Å². The predicted molar refractivity (Wildman–Crippen MR) is 119 cm³/mol. The number of hydrogen-bond acceptors (Lipinski definition) is 3. The monoisotopic (exact) mass is 416 g/mol. The van der Waals surface area contributed by atoms with Crippen molar-refractivity contribution in [1.29, 1.82) is 0 Å². The van der Waals surface area contributed by atoms with E-state index in [1.807, 2.05) is 72.0 Å². The number of piperidine rings is 1. The maximum atomic E-state index is 13.5. The lowest BCUT2D eigenvalue weighted by atomic mass is 10.0. The second-order valence-electron chi connectivity index (χ2n) is 7.61. The minimum Gasteiger partial charge on any atom is -0.338 e. The van der Waals surface area contributed by atoms with Crippen molar-refractivity contribution in [3.63, 3.8) is 0 Å². The van der Waals surface area contributed by atoms with Gasteiger partial charge in [-0.05, 0) is 37.1 Å². The highest BCUT2D eigenvalue weighted by atomic mass is 35.5. The number of carbonyl (C=O) groups excluding carboxylic acids is 1. The Labute approximate surface area is 179 Å².